The van der Waals surface area contributed by atoms with E-state index in [2.05, 4.69) is 0 Å². The SMILES string of the molecule is CO[C@@H]1OC[C@H](OC(C)=O)[C@H](OC(C)=O)[C@H]1OC(C)=O. The quantitative estimate of drug-likeness (QED) is 0.518. The molecule has 0 spiro atoms. The van der Waals surface area contributed by atoms with Gasteiger partial charge in [0, 0.05) is 27.9 Å². The Kier molecular flexibility index (Phi) is 5.90. The largest absolute Gasteiger partial charge is 0.456 e. The zero-order valence-electron chi connectivity index (χ0n) is 11.8. The first-order valence-electron chi connectivity index (χ1n) is 6.01. The Morgan fingerprint density at radius 1 is 0.900 bits per heavy atom. The highest BCUT2D eigenvalue weighted by Gasteiger charge is 2.47. The molecule has 114 valence electrons. The van der Waals surface area contributed by atoms with E-state index in [0.717, 1.165) is 0 Å². The summed E-state index contributed by atoms with van der Waals surface area (Å²) in [7, 11) is 1.36. The minimum absolute atomic E-state index is 0.0339. The first-order valence-corrected chi connectivity index (χ1v) is 6.01. The first kappa shape index (κ1) is 16.4. The molecule has 1 heterocycles. The summed E-state index contributed by atoms with van der Waals surface area (Å²) < 4.78 is 25.5. The molecule has 8 nitrogen and oxygen atoms in total. The van der Waals surface area contributed by atoms with Crippen LogP contribution in [0.4, 0.5) is 0 Å². The highest BCUT2D eigenvalue weighted by atomic mass is 16.7. The molecule has 1 aliphatic heterocycles. The third kappa shape index (κ3) is 4.46. The zero-order valence-corrected chi connectivity index (χ0v) is 11.8. The average molecular weight is 290 g/mol. The second-order valence-corrected chi connectivity index (χ2v) is 4.23. The minimum atomic E-state index is -1.01. The van der Waals surface area contributed by atoms with Crippen LogP contribution in [-0.2, 0) is 38.1 Å². The maximum atomic E-state index is 11.2. The van der Waals surface area contributed by atoms with Crippen LogP contribution in [0.5, 0.6) is 0 Å². The van der Waals surface area contributed by atoms with Gasteiger partial charge < -0.3 is 23.7 Å². The van der Waals surface area contributed by atoms with Crippen LogP contribution < -0.4 is 0 Å². The van der Waals surface area contributed by atoms with Gasteiger partial charge in [0.1, 0.15) is 0 Å². The Bertz CT molecular complexity index is 380. The fourth-order valence-electron chi connectivity index (χ4n) is 1.91. The van der Waals surface area contributed by atoms with Crippen molar-refractivity contribution in [2.45, 2.75) is 45.4 Å². The fourth-order valence-corrected chi connectivity index (χ4v) is 1.91. The van der Waals surface area contributed by atoms with Crippen molar-refractivity contribution in [1.29, 1.82) is 0 Å². The van der Waals surface area contributed by atoms with Crippen molar-refractivity contribution in [3.05, 3.63) is 0 Å². The van der Waals surface area contributed by atoms with Crippen LogP contribution in [0.1, 0.15) is 20.8 Å². The van der Waals surface area contributed by atoms with Crippen molar-refractivity contribution < 1.29 is 38.1 Å². The maximum absolute atomic E-state index is 11.2. The van der Waals surface area contributed by atoms with Crippen molar-refractivity contribution in [3.8, 4) is 0 Å². The lowest BCUT2D eigenvalue weighted by Gasteiger charge is -2.39. The number of ether oxygens (including phenoxy) is 5. The number of carbonyl (C=O) groups excluding carboxylic acids is 3. The predicted octanol–water partition coefficient (Wildman–Crippen LogP) is -0.216. The van der Waals surface area contributed by atoms with E-state index in [-0.39, 0.29) is 6.61 Å². The van der Waals surface area contributed by atoms with Crippen molar-refractivity contribution in [3.63, 3.8) is 0 Å². The van der Waals surface area contributed by atoms with Gasteiger partial charge in [-0.3, -0.25) is 14.4 Å². The van der Waals surface area contributed by atoms with E-state index >= 15 is 0 Å². The molecule has 1 saturated heterocycles. The van der Waals surface area contributed by atoms with Gasteiger partial charge in [0.2, 0.25) is 0 Å². The molecular weight excluding hydrogens is 272 g/mol. The second kappa shape index (κ2) is 7.20. The highest BCUT2D eigenvalue weighted by Crippen LogP contribution is 2.24. The van der Waals surface area contributed by atoms with Crippen molar-refractivity contribution in [2.24, 2.45) is 0 Å². The van der Waals surface area contributed by atoms with E-state index < -0.39 is 42.5 Å². The monoisotopic (exact) mass is 290 g/mol. The topological polar surface area (TPSA) is 97.4 Å². The zero-order chi connectivity index (χ0) is 15.3. The van der Waals surface area contributed by atoms with Gasteiger partial charge in [-0.05, 0) is 0 Å². The summed E-state index contributed by atoms with van der Waals surface area (Å²) in [5, 5.41) is 0. The van der Waals surface area contributed by atoms with Gasteiger partial charge in [-0.2, -0.15) is 0 Å². The van der Waals surface area contributed by atoms with Gasteiger partial charge in [0.05, 0.1) is 6.61 Å². The second-order valence-electron chi connectivity index (χ2n) is 4.23. The molecule has 0 radical (unpaired) electrons. The smallest absolute Gasteiger partial charge is 0.303 e. The summed E-state index contributed by atoms with van der Waals surface area (Å²) in [6.07, 6.45) is -3.78. The Labute approximate surface area is 116 Å². The van der Waals surface area contributed by atoms with E-state index in [0.29, 0.717) is 0 Å². The molecule has 0 aliphatic carbocycles. The van der Waals surface area contributed by atoms with Crippen LogP contribution in [0.3, 0.4) is 0 Å². The lowest BCUT2D eigenvalue weighted by Crippen LogP contribution is -2.57. The normalized spacial score (nSPS) is 29.4. The summed E-state index contributed by atoms with van der Waals surface area (Å²) in [5.74, 6) is -1.75. The summed E-state index contributed by atoms with van der Waals surface area (Å²) in [5.41, 5.74) is 0. The number of rotatable bonds is 4. The molecule has 0 N–H and O–H groups in total. The van der Waals surface area contributed by atoms with Crippen LogP contribution in [0.2, 0.25) is 0 Å². The van der Waals surface area contributed by atoms with Gasteiger partial charge in [-0.25, -0.2) is 0 Å². The van der Waals surface area contributed by atoms with Crippen LogP contribution in [0.25, 0.3) is 0 Å². The summed E-state index contributed by atoms with van der Waals surface area (Å²) in [4.78, 5) is 33.4. The van der Waals surface area contributed by atoms with Gasteiger partial charge >= 0.3 is 17.9 Å². The molecule has 0 saturated carbocycles. The number of carbonyl (C=O) groups is 3. The molecule has 1 aliphatic rings. The van der Waals surface area contributed by atoms with Crippen molar-refractivity contribution >= 4 is 17.9 Å². The Morgan fingerprint density at radius 3 is 1.85 bits per heavy atom. The van der Waals surface area contributed by atoms with Crippen LogP contribution in [0, 0.1) is 0 Å². The van der Waals surface area contributed by atoms with Crippen molar-refractivity contribution in [2.75, 3.05) is 13.7 Å². The van der Waals surface area contributed by atoms with Gasteiger partial charge in [-0.1, -0.05) is 0 Å². The maximum Gasteiger partial charge on any atom is 0.303 e. The van der Waals surface area contributed by atoms with Gasteiger partial charge in [0.25, 0.3) is 0 Å². The molecule has 0 aromatic carbocycles. The fraction of sp³-hybridized carbons (Fsp3) is 0.750. The number of hydrogen-bond donors (Lipinski definition) is 0. The van der Waals surface area contributed by atoms with Crippen molar-refractivity contribution in [1.82, 2.24) is 0 Å². The van der Waals surface area contributed by atoms with E-state index in [9.17, 15) is 14.4 Å². The van der Waals surface area contributed by atoms with Gasteiger partial charge in [-0.15, -0.1) is 0 Å². The number of methoxy groups -OCH3 is 1. The number of hydrogen-bond acceptors (Lipinski definition) is 8. The van der Waals surface area contributed by atoms with Crippen LogP contribution >= 0.6 is 0 Å². The molecule has 0 unspecified atom stereocenters. The molecule has 0 amide bonds. The number of esters is 3. The molecule has 8 heteroatoms. The van der Waals surface area contributed by atoms with E-state index in [1.807, 2.05) is 0 Å². The lowest BCUT2D eigenvalue weighted by molar-refractivity contribution is -0.274. The standard InChI is InChI=1S/C12H18O8/c1-6(13)18-9-5-17-12(16-4)11(20-8(3)15)10(9)19-7(2)14/h9-12H,5H2,1-4H3/t9-,10-,11+,12+/m0/s1. The molecule has 0 aromatic rings. The summed E-state index contributed by atoms with van der Waals surface area (Å²) in [6, 6.07) is 0. The van der Waals surface area contributed by atoms with Crippen LogP contribution in [0.15, 0.2) is 0 Å². The third-order valence-electron chi connectivity index (χ3n) is 2.54. The molecule has 1 rings (SSSR count). The Morgan fingerprint density at radius 2 is 1.40 bits per heavy atom. The molecular formula is C12H18O8. The average Bonchev–Trinajstić information content (AvgIpc) is 2.31. The third-order valence-corrected chi connectivity index (χ3v) is 2.54. The first-order chi connectivity index (χ1) is 9.35. The molecule has 0 bridgehead atoms. The Balaban J connectivity index is 2.95. The highest BCUT2D eigenvalue weighted by molar-refractivity contribution is 5.68. The molecule has 0 aromatic heterocycles. The van der Waals surface area contributed by atoms with E-state index in [4.69, 9.17) is 23.7 Å². The van der Waals surface area contributed by atoms with E-state index in [1.54, 1.807) is 0 Å². The van der Waals surface area contributed by atoms with Crippen LogP contribution in [-0.4, -0.2) is 56.2 Å². The molecule has 1 fully saturated rings. The molecule has 20 heavy (non-hydrogen) atoms. The Hall–Kier alpha value is -1.67. The summed E-state index contributed by atoms with van der Waals surface area (Å²) >= 11 is 0. The molecule has 4 atom stereocenters. The lowest BCUT2D eigenvalue weighted by atomic mass is 10.0. The predicted molar refractivity (Wildman–Crippen MR) is 63.4 cm³/mol. The van der Waals surface area contributed by atoms with E-state index in [1.165, 1.54) is 27.9 Å². The van der Waals surface area contributed by atoms with Gasteiger partial charge in [0.15, 0.2) is 24.6 Å². The minimum Gasteiger partial charge on any atom is -0.456 e. The summed E-state index contributed by atoms with van der Waals surface area (Å²) in [6.45, 7) is 3.59.